The van der Waals surface area contributed by atoms with Gasteiger partial charge in [0, 0.05) is 23.8 Å². The third kappa shape index (κ3) is 4.10. The van der Waals surface area contributed by atoms with E-state index < -0.39 is 40.3 Å². The first-order valence-electron chi connectivity index (χ1n) is 9.02. The Hall–Kier alpha value is -3.07. The highest BCUT2D eigenvalue weighted by Crippen LogP contribution is 2.47. The predicted octanol–water partition coefficient (Wildman–Crippen LogP) is 0.169. The number of aromatic nitrogens is 1. The van der Waals surface area contributed by atoms with E-state index in [1.54, 1.807) is 12.4 Å². The topological polar surface area (TPSA) is 172 Å². The molecule has 0 radical (unpaired) electrons. The minimum Gasteiger partial charge on any atom is -0.368 e. The van der Waals surface area contributed by atoms with E-state index >= 15 is 0 Å². The fourth-order valence-corrected chi connectivity index (χ4v) is 5.24. The zero-order valence-corrected chi connectivity index (χ0v) is 17.4. The van der Waals surface area contributed by atoms with E-state index in [-0.39, 0.29) is 11.4 Å². The van der Waals surface area contributed by atoms with Crippen LogP contribution >= 0.6 is 11.3 Å². The number of hydroxylamine groups is 2. The second-order valence-electron chi connectivity index (χ2n) is 6.88. The summed E-state index contributed by atoms with van der Waals surface area (Å²) in [5.74, 6) is -1.23. The second kappa shape index (κ2) is 7.88. The fraction of sp³-hybridized carbons (Fsp3) is 0.294. The summed E-state index contributed by atoms with van der Waals surface area (Å²) in [6, 6.07) is 2.09. The smallest absolute Gasteiger partial charge is 0.368 e. The number of nitrogens with zero attached hydrogens (tertiary/aromatic N) is 3. The number of carbonyl (C=O) groups is 3. The Labute approximate surface area is 180 Å². The van der Waals surface area contributed by atoms with Crippen LogP contribution in [0.3, 0.4) is 0 Å². The van der Waals surface area contributed by atoms with Crippen LogP contribution in [0.4, 0.5) is 4.79 Å². The van der Waals surface area contributed by atoms with Crippen molar-refractivity contribution in [3.05, 3.63) is 51.5 Å². The third-order valence-electron chi connectivity index (χ3n) is 4.91. The largest absolute Gasteiger partial charge is 0.418 e. The van der Waals surface area contributed by atoms with Crippen molar-refractivity contribution in [3.63, 3.8) is 0 Å². The maximum Gasteiger partial charge on any atom is 0.418 e. The highest BCUT2D eigenvalue weighted by molar-refractivity contribution is 7.80. The van der Waals surface area contributed by atoms with E-state index in [0.29, 0.717) is 28.5 Å². The van der Waals surface area contributed by atoms with E-state index in [9.17, 15) is 22.8 Å². The zero-order valence-electron chi connectivity index (χ0n) is 15.8. The van der Waals surface area contributed by atoms with Crippen LogP contribution in [0.2, 0.25) is 0 Å². The number of thiophene rings is 1. The van der Waals surface area contributed by atoms with Crippen LogP contribution in [0, 0.1) is 0 Å². The van der Waals surface area contributed by atoms with Crippen LogP contribution in [-0.4, -0.2) is 58.9 Å². The van der Waals surface area contributed by atoms with Gasteiger partial charge in [-0.15, -0.1) is 15.6 Å². The van der Waals surface area contributed by atoms with Crippen molar-refractivity contribution in [2.45, 2.75) is 18.5 Å². The van der Waals surface area contributed by atoms with Gasteiger partial charge in [0.1, 0.15) is 12.1 Å². The first-order chi connectivity index (χ1) is 14.7. The summed E-state index contributed by atoms with van der Waals surface area (Å²) in [7, 11) is -4.99. The van der Waals surface area contributed by atoms with Gasteiger partial charge < -0.3 is 16.0 Å². The first kappa shape index (κ1) is 21.2. The Morgan fingerprint density at radius 2 is 2.06 bits per heavy atom. The van der Waals surface area contributed by atoms with E-state index in [2.05, 4.69) is 14.6 Å². The monoisotopic (exact) mass is 467 g/mol. The number of hydrogen-bond donors (Lipinski definition) is 3. The number of fused-ring (bicyclic) bond motifs is 4. The zero-order chi connectivity index (χ0) is 22.3. The molecule has 1 saturated heterocycles. The van der Waals surface area contributed by atoms with Gasteiger partial charge in [-0.05, 0) is 35.7 Å². The summed E-state index contributed by atoms with van der Waals surface area (Å²) < 4.78 is 35.7. The molecule has 0 aromatic carbocycles. The normalized spacial score (nSPS) is 20.0. The van der Waals surface area contributed by atoms with Gasteiger partial charge >= 0.3 is 16.4 Å². The highest BCUT2D eigenvalue weighted by Gasteiger charge is 2.53. The maximum atomic E-state index is 12.6. The Bertz CT molecular complexity index is 1150. The van der Waals surface area contributed by atoms with Crippen molar-refractivity contribution in [1.82, 2.24) is 20.3 Å². The summed E-state index contributed by atoms with van der Waals surface area (Å²) >= 11 is 0.985. The molecule has 164 valence electrons. The van der Waals surface area contributed by atoms with Crippen LogP contribution < -0.4 is 11.1 Å². The molecule has 2 aromatic rings. The Morgan fingerprint density at radius 1 is 1.35 bits per heavy atom. The standard InChI is InChI=1S/C17H17N5O7S2/c18-15(23)13-14-10(11-8-21(13)17(25)22(11)29-31(26,27)28)7-12(30-14)16(24)20-6-3-9-1-4-19-5-2-9/h1-2,4-5,7,11,13H,3,6,8H2,(H2,18,23)(H,20,24)(H,26,27,28). The quantitative estimate of drug-likeness (QED) is 0.483. The summed E-state index contributed by atoms with van der Waals surface area (Å²) in [6.07, 6.45) is 3.89. The molecule has 4 N–H and O–H groups in total. The Kier molecular flexibility index (Phi) is 5.38. The van der Waals surface area contributed by atoms with Crippen molar-refractivity contribution in [3.8, 4) is 0 Å². The van der Waals surface area contributed by atoms with Crippen LogP contribution in [0.5, 0.6) is 0 Å². The molecule has 31 heavy (non-hydrogen) atoms. The summed E-state index contributed by atoms with van der Waals surface area (Å²) in [5, 5.41) is 3.24. The van der Waals surface area contributed by atoms with Crippen LogP contribution in [0.15, 0.2) is 30.6 Å². The number of hydrogen-bond acceptors (Lipinski definition) is 8. The predicted molar refractivity (Wildman–Crippen MR) is 106 cm³/mol. The van der Waals surface area contributed by atoms with Gasteiger partial charge in [0.05, 0.1) is 11.4 Å². The van der Waals surface area contributed by atoms with Gasteiger partial charge in [0.25, 0.3) is 5.91 Å². The lowest BCUT2D eigenvalue weighted by Gasteiger charge is -2.27. The van der Waals surface area contributed by atoms with E-state index in [1.165, 1.54) is 6.07 Å². The molecule has 12 nitrogen and oxygen atoms in total. The molecule has 2 aliphatic rings. The number of amides is 4. The van der Waals surface area contributed by atoms with Crippen molar-refractivity contribution < 1.29 is 31.6 Å². The first-order valence-corrected chi connectivity index (χ1v) is 11.2. The van der Waals surface area contributed by atoms with Gasteiger partial charge in [0.15, 0.2) is 0 Å². The molecule has 1 fully saturated rings. The van der Waals surface area contributed by atoms with Crippen molar-refractivity contribution in [2.75, 3.05) is 13.1 Å². The lowest BCUT2D eigenvalue weighted by atomic mass is 9.99. The van der Waals surface area contributed by atoms with E-state index in [0.717, 1.165) is 21.8 Å². The summed E-state index contributed by atoms with van der Waals surface area (Å²) in [4.78, 5) is 42.8. The molecule has 4 amide bonds. The fourth-order valence-electron chi connectivity index (χ4n) is 3.61. The van der Waals surface area contributed by atoms with Gasteiger partial charge in [-0.3, -0.25) is 19.1 Å². The number of pyridine rings is 1. The van der Waals surface area contributed by atoms with Crippen LogP contribution in [0.1, 0.15) is 37.8 Å². The lowest BCUT2D eigenvalue weighted by Crippen LogP contribution is -2.41. The molecule has 0 spiro atoms. The minimum absolute atomic E-state index is 0.0885. The van der Waals surface area contributed by atoms with E-state index in [1.807, 2.05) is 12.1 Å². The second-order valence-corrected chi connectivity index (χ2v) is 8.96. The molecule has 2 bridgehead atoms. The molecule has 2 unspecified atom stereocenters. The van der Waals surface area contributed by atoms with Gasteiger partial charge in [-0.25, -0.2) is 4.79 Å². The highest BCUT2D eigenvalue weighted by atomic mass is 32.3. The van der Waals surface area contributed by atoms with Crippen molar-refractivity contribution in [2.24, 2.45) is 5.73 Å². The summed E-state index contributed by atoms with van der Waals surface area (Å²) in [6.45, 7) is 0.269. The summed E-state index contributed by atoms with van der Waals surface area (Å²) in [5.41, 5.74) is 6.83. The Balaban J connectivity index is 1.57. The number of carbonyl (C=O) groups excluding carboxylic acids is 3. The average Bonchev–Trinajstić information content (AvgIpc) is 3.25. The average molecular weight is 467 g/mol. The van der Waals surface area contributed by atoms with Crippen molar-refractivity contribution >= 4 is 39.6 Å². The SMILES string of the molecule is NC(=O)C1c2sc(C(=O)NCCc3ccncc3)cc2C2CN1C(=O)N2OS(=O)(=O)O. The maximum absolute atomic E-state index is 12.6. The molecule has 4 rings (SSSR count). The van der Waals surface area contributed by atoms with Crippen molar-refractivity contribution in [1.29, 1.82) is 0 Å². The molecular weight excluding hydrogens is 450 g/mol. The number of primary amides is 1. The van der Waals surface area contributed by atoms with Gasteiger partial charge in [-0.1, -0.05) is 0 Å². The molecule has 14 heteroatoms. The molecule has 0 aliphatic carbocycles. The molecule has 2 aliphatic heterocycles. The third-order valence-corrected chi connectivity index (χ3v) is 6.46. The Morgan fingerprint density at radius 3 is 2.71 bits per heavy atom. The molecule has 0 saturated carbocycles. The van der Waals surface area contributed by atoms with Crippen LogP contribution in [-0.2, 0) is 25.9 Å². The number of rotatable bonds is 7. The lowest BCUT2D eigenvalue weighted by molar-refractivity contribution is -0.122. The molecular formula is C17H17N5O7S2. The molecule has 4 heterocycles. The molecule has 2 aromatic heterocycles. The molecule has 2 atom stereocenters. The minimum atomic E-state index is -4.99. The van der Waals surface area contributed by atoms with Gasteiger partial charge in [0.2, 0.25) is 5.91 Å². The van der Waals surface area contributed by atoms with E-state index in [4.69, 9.17) is 10.3 Å². The number of nitrogens with two attached hydrogens (primary N) is 1. The number of nitrogens with one attached hydrogen (secondary N) is 1. The van der Waals surface area contributed by atoms with Crippen LogP contribution in [0.25, 0.3) is 0 Å². The number of urea groups is 1. The van der Waals surface area contributed by atoms with Gasteiger partial charge in [-0.2, -0.15) is 13.5 Å².